The quantitative estimate of drug-likeness (QED) is 0.403. The van der Waals surface area contributed by atoms with E-state index in [1.165, 1.54) is 6.92 Å². The summed E-state index contributed by atoms with van der Waals surface area (Å²) >= 11 is 0. The minimum absolute atomic E-state index is 0.00898. The molecule has 0 rings (SSSR count). The van der Waals surface area contributed by atoms with E-state index in [4.69, 9.17) is 10.2 Å². The van der Waals surface area contributed by atoms with Crippen molar-refractivity contribution in [3.05, 3.63) is 0 Å². The van der Waals surface area contributed by atoms with Crippen LogP contribution in [-0.4, -0.2) is 37.3 Å². The molecule has 0 saturated carbocycles. The van der Waals surface area contributed by atoms with Gasteiger partial charge in [-0.05, 0) is 6.92 Å². The zero-order chi connectivity index (χ0) is 8.20. The third-order valence-corrected chi connectivity index (χ3v) is 1.95. The fraction of sp³-hybridized carbons (Fsp3) is 1.00. The molecule has 0 heterocycles. The summed E-state index contributed by atoms with van der Waals surface area (Å²) in [6, 6.07) is 0. The monoisotopic (exact) mass is 170 g/mol. The van der Waals surface area contributed by atoms with Gasteiger partial charge < -0.3 is 10.2 Å². The molecule has 0 radical (unpaired) electrons. The van der Waals surface area contributed by atoms with E-state index in [1.807, 2.05) is 0 Å². The summed E-state index contributed by atoms with van der Waals surface area (Å²) in [4.78, 5) is 0. The average Bonchev–Trinajstić information content (AvgIpc) is 1.59. The van der Waals surface area contributed by atoms with Gasteiger partial charge in [0.1, 0.15) is 5.75 Å². The van der Waals surface area contributed by atoms with Crippen molar-refractivity contribution >= 4 is 10.1 Å². The van der Waals surface area contributed by atoms with Crippen LogP contribution in [0.2, 0.25) is 0 Å². The Balaban J connectivity index is 3.89. The van der Waals surface area contributed by atoms with Crippen LogP contribution in [-0.2, 0) is 14.3 Å². The maximum absolute atomic E-state index is 10.5. The fourth-order valence-electron chi connectivity index (χ4n) is 0.410. The van der Waals surface area contributed by atoms with E-state index in [0.717, 1.165) is 0 Å². The van der Waals surface area contributed by atoms with Gasteiger partial charge in [-0.1, -0.05) is 0 Å². The molecule has 5 nitrogen and oxygen atoms in total. The molecule has 62 valence electrons. The predicted molar refractivity (Wildman–Crippen MR) is 33.6 cm³/mol. The topological polar surface area (TPSA) is 83.8 Å². The average molecular weight is 170 g/mol. The molecule has 0 aliphatic heterocycles. The molecular weight excluding hydrogens is 160 g/mol. The van der Waals surface area contributed by atoms with Gasteiger partial charge in [-0.15, -0.1) is 0 Å². The summed E-state index contributed by atoms with van der Waals surface area (Å²) in [5, 5.41) is 16.4. The first-order chi connectivity index (χ1) is 4.48. The van der Waals surface area contributed by atoms with Crippen LogP contribution in [0.15, 0.2) is 0 Å². The molecular formula is C4H10O5S. The molecule has 10 heavy (non-hydrogen) atoms. The van der Waals surface area contributed by atoms with E-state index < -0.39 is 22.2 Å². The highest BCUT2D eigenvalue weighted by atomic mass is 32.2. The molecule has 0 aliphatic carbocycles. The lowest BCUT2D eigenvalue weighted by molar-refractivity contribution is -0.0212. The van der Waals surface area contributed by atoms with Gasteiger partial charge >= 0.3 is 0 Å². The maximum atomic E-state index is 10.5. The Morgan fingerprint density at radius 1 is 1.50 bits per heavy atom. The lowest BCUT2D eigenvalue weighted by Crippen LogP contribution is -2.21. The van der Waals surface area contributed by atoms with Crippen LogP contribution in [0.25, 0.3) is 0 Å². The summed E-state index contributed by atoms with van der Waals surface area (Å²) in [6.45, 7) is 1.51. The second-order valence-corrected chi connectivity index (χ2v) is 3.30. The minimum Gasteiger partial charge on any atom is -0.367 e. The Bertz CT molecular complexity index is 170. The normalized spacial score (nSPS) is 12.4. The Hall–Kier alpha value is -0.170. The van der Waals surface area contributed by atoms with Crippen molar-refractivity contribution in [1.82, 2.24) is 0 Å². The highest BCUT2D eigenvalue weighted by Crippen LogP contribution is 1.93. The first-order valence-corrected chi connectivity index (χ1v) is 4.29. The molecule has 0 spiro atoms. The largest absolute Gasteiger partial charge is 0.367 e. The van der Waals surface area contributed by atoms with Gasteiger partial charge in [0.25, 0.3) is 10.1 Å². The van der Waals surface area contributed by atoms with E-state index in [9.17, 15) is 8.42 Å². The molecule has 0 aliphatic rings. The molecule has 0 atom stereocenters. The van der Waals surface area contributed by atoms with Crippen molar-refractivity contribution < 1.29 is 22.8 Å². The highest BCUT2D eigenvalue weighted by molar-refractivity contribution is 7.86. The number of hydrogen-bond acceptors (Lipinski definition) is 5. The number of aliphatic hydroxyl groups excluding tert-OH is 1. The second kappa shape index (κ2) is 3.87. The van der Waals surface area contributed by atoms with Crippen LogP contribution in [0.1, 0.15) is 6.92 Å². The van der Waals surface area contributed by atoms with Crippen LogP contribution in [0, 0.1) is 0 Å². The molecule has 0 aromatic carbocycles. The molecule has 0 aromatic rings. The summed E-state index contributed by atoms with van der Waals surface area (Å²) in [5.74, 6) is -0.777. The van der Waals surface area contributed by atoms with Crippen LogP contribution < -0.4 is 0 Å². The molecule has 0 amide bonds. The molecule has 0 aromatic heterocycles. The van der Waals surface area contributed by atoms with E-state index in [1.54, 1.807) is 0 Å². The van der Waals surface area contributed by atoms with Crippen LogP contribution in [0.3, 0.4) is 0 Å². The van der Waals surface area contributed by atoms with Crippen LogP contribution in [0.5, 0.6) is 0 Å². The maximum Gasteiger partial charge on any atom is 0.272 e. The van der Waals surface area contributed by atoms with Crippen molar-refractivity contribution in [3.63, 3.8) is 0 Å². The van der Waals surface area contributed by atoms with Gasteiger partial charge in [0, 0.05) is 0 Å². The Kier molecular flexibility index (Phi) is 3.80. The summed E-state index contributed by atoms with van der Waals surface area (Å²) in [6.07, 6.45) is -1.86. The standard InChI is InChI=1S/C4H10O5S/c1-2-9-10(7,8)3-4(5)6/h4-6H,2-3H2,1H3. The lowest BCUT2D eigenvalue weighted by atomic mass is 10.8. The second-order valence-electron chi connectivity index (χ2n) is 1.61. The summed E-state index contributed by atoms with van der Waals surface area (Å²) in [7, 11) is -3.73. The lowest BCUT2D eigenvalue weighted by Gasteiger charge is -2.03. The molecule has 0 fully saturated rings. The zero-order valence-corrected chi connectivity index (χ0v) is 6.34. The van der Waals surface area contributed by atoms with E-state index in [2.05, 4.69) is 4.18 Å². The zero-order valence-electron chi connectivity index (χ0n) is 5.52. The number of hydrogen-bond donors (Lipinski definition) is 2. The Morgan fingerprint density at radius 3 is 2.30 bits per heavy atom. The predicted octanol–water partition coefficient (Wildman–Crippen LogP) is -1.34. The highest BCUT2D eigenvalue weighted by Gasteiger charge is 2.14. The van der Waals surface area contributed by atoms with E-state index >= 15 is 0 Å². The number of rotatable bonds is 4. The molecule has 6 heteroatoms. The van der Waals surface area contributed by atoms with Gasteiger partial charge in [-0.25, -0.2) is 0 Å². The SMILES string of the molecule is CCOS(=O)(=O)CC(O)O. The fourth-order valence-corrected chi connectivity index (χ4v) is 1.23. The van der Waals surface area contributed by atoms with Gasteiger partial charge in [-0.3, -0.25) is 4.18 Å². The third-order valence-electron chi connectivity index (χ3n) is 0.651. The Labute approximate surface area is 59.4 Å². The van der Waals surface area contributed by atoms with E-state index in [0.29, 0.717) is 0 Å². The third kappa shape index (κ3) is 4.68. The smallest absolute Gasteiger partial charge is 0.272 e. The van der Waals surface area contributed by atoms with E-state index in [-0.39, 0.29) is 6.61 Å². The summed E-state index contributed by atoms with van der Waals surface area (Å²) in [5.41, 5.74) is 0. The van der Waals surface area contributed by atoms with Gasteiger partial charge in [0.05, 0.1) is 6.61 Å². The van der Waals surface area contributed by atoms with Gasteiger partial charge in [0.15, 0.2) is 6.29 Å². The molecule has 2 N–H and O–H groups in total. The van der Waals surface area contributed by atoms with Gasteiger partial charge in [0.2, 0.25) is 0 Å². The molecule has 0 saturated heterocycles. The van der Waals surface area contributed by atoms with Crippen molar-refractivity contribution in [2.45, 2.75) is 13.2 Å². The number of aliphatic hydroxyl groups is 2. The first kappa shape index (κ1) is 9.83. The van der Waals surface area contributed by atoms with Gasteiger partial charge in [-0.2, -0.15) is 8.42 Å². The van der Waals surface area contributed by atoms with Crippen LogP contribution in [0.4, 0.5) is 0 Å². The minimum atomic E-state index is -3.73. The van der Waals surface area contributed by atoms with Crippen molar-refractivity contribution in [2.75, 3.05) is 12.4 Å². The van der Waals surface area contributed by atoms with Crippen molar-refractivity contribution in [1.29, 1.82) is 0 Å². The van der Waals surface area contributed by atoms with Crippen molar-refractivity contribution in [2.24, 2.45) is 0 Å². The molecule has 0 bridgehead atoms. The summed E-state index contributed by atoms with van der Waals surface area (Å²) < 4.78 is 25.2. The Morgan fingerprint density at radius 2 is 2.00 bits per heavy atom. The van der Waals surface area contributed by atoms with Crippen molar-refractivity contribution in [3.8, 4) is 0 Å². The first-order valence-electron chi connectivity index (χ1n) is 2.71. The van der Waals surface area contributed by atoms with Crippen LogP contribution >= 0.6 is 0 Å². The molecule has 0 unspecified atom stereocenters.